The zero-order valence-corrected chi connectivity index (χ0v) is 9.16. The minimum absolute atomic E-state index is 0.0557. The van der Waals surface area contributed by atoms with Crippen LogP contribution >= 0.6 is 0 Å². The smallest absolute Gasteiger partial charge is 0.181 e. The van der Waals surface area contributed by atoms with E-state index in [0.717, 1.165) is 0 Å². The number of epoxide rings is 1. The second-order valence-corrected chi connectivity index (χ2v) is 5.45. The van der Waals surface area contributed by atoms with Crippen LogP contribution in [0.2, 0.25) is 0 Å². The highest BCUT2D eigenvalue weighted by atomic mass is 32.2. The van der Waals surface area contributed by atoms with Crippen molar-refractivity contribution in [3.63, 3.8) is 0 Å². The minimum Gasteiger partial charge on any atom is -0.497 e. The maximum absolute atomic E-state index is 11.8. The zero-order valence-electron chi connectivity index (χ0n) is 8.34. The maximum Gasteiger partial charge on any atom is 0.181 e. The number of rotatable bonds is 4. The maximum atomic E-state index is 11.8. The van der Waals surface area contributed by atoms with E-state index in [0.29, 0.717) is 12.4 Å². The number of ether oxygens (including phenoxy) is 2. The molecule has 1 aromatic rings. The first kappa shape index (κ1) is 10.4. The number of sulfone groups is 1. The number of hydrogen-bond donors (Lipinski definition) is 0. The van der Waals surface area contributed by atoms with Gasteiger partial charge < -0.3 is 9.47 Å². The molecule has 2 rings (SSSR count). The minimum atomic E-state index is -3.23. The van der Waals surface area contributed by atoms with Gasteiger partial charge in [0.05, 0.1) is 30.5 Å². The van der Waals surface area contributed by atoms with Crippen LogP contribution in [-0.2, 0) is 14.6 Å². The topological polar surface area (TPSA) is 55.9 Å². The van der Waals surface area contributed by atoms with Crippen molar-refractivity contribution in [1.29, 1.82) is 0 Å². The third kappa shape index (κ3) is 2.49. The molecule has 0 spiro atoms. The van der Waals surface area contributed by atoms with Crippen LogP contribution in [0.5, 0.6) is 5.75 Å². The van der Waals surface area contributed by atoms with E-state index >= 15 is 0 Å². The summed E-state index contributed by atoms with van der Waals surface area (Å²) in [7, 11) is -1.72. The van der Waals surface area contributed by atoms with Crippen LogP contribution in [0, 0.1) is 0 Å². The predicted molar refractivity (Wildman–Crippen MR) is 54.8 cm³/mol. The van der Waals surface area contributed by atoms with E-state index < -0.39 is 9.84 Å². The first-order valence-electron chi connectivity index (χ1n) is 4.60. The van der Waals surface area contributed by atoms with Gasteiger partial charge in [0.1, 0.15) is 5.75 Å². The van der Waals surface area contributed by atoms with Crippen LogP contribution < -0.4 is 4.74 Å². The van der Waals surface area contributed by atoms with Gasteiger partial charge in [-0.25, -0.2) is 8.42 Å². The standard InChI is InChI=1S/C10H12O4S/c1-13-8-3-2-4-10(5-8)15(11,12)7-9-6-14-9/h2-5,9H,6-7H2,1H3. The Hall–Kier alpha value is -1.07. The van der Waals surface area contributed by atoms with Crippen molar-refractivity contribution < 1.29 is 17.9 Å². The summed E-state index contributed by atoms with van der Waals surface area (Å²) < 4.78 is 33.5. The summed E-state index contributed by atoms with van der Waals surface area (Å²) in [5, 5.41) is 0. The quantitative estimate of drug-likeness (QED) is 0.717. The van der Waals surface area contributed by atoms with E-state index in [1.54, 1.807) is 18.2 Å². The summed E-state index contributed by atoms with van der Waals surface area (Å²) in [4.78, 5) is 0.289. The van der Waals surface area contributed by atoms with Crippen LogP contribution in [0.15, 0.2) is 29.2 Å². The predicted octanol–water partition coefficient (Wildman–Crippen LogP) is 0.868. The summed E-state index contributed by atoms with van der Waals surface area (Å²) in [6, 6.07) is 6.48. The lowest BCUT2D eigenvalue weighted by Gasteiger charge is -2.04. The molecular formula is C10H12O4S. The molecule has 1 aliphatic heterocycles. The third-order valence-electron chi connectivity index (χ3n) is 2.21. The Morgan fingerprint density at radius 3 is 2.87 bits per heavy atom. The van der Waals surface area contributed by atoms with Gasteiger partial charge in [-0.3, -0.25) is 0 Å². The Morgan fingerprint density at radius 2 is 2.27 bits per heavy atom. The van der Waals surface area contributed by atoms with E-state index in [1.165, 1.54) is 13.2 Å². The third-order valence-corrected chi connectivity index (χ3v) is 3.99. The first-order chi connectivity index (χ1) is 7.12. The summed E-state index contributed by atoms with van der Waals surface area (Å²) in [5.74, 6) is 0.605. The lowest BCUT2D eigenvalue weighted by molar-refractivity contribution is 0.413. The highest BCUT2D eigenvalue weighted by Crippen LogP contribution is 2.21. The van der Waals surface area contributed by atoms with Gasteiger partial charge in [0, 0.05) is 0 Å². The van der Waals surface area contributed by atoms with E-state index in [-0.39, 0.29) is 16.8 Å². The molecule has 1 heterocycles. The van der Waals surface area contributed by atoms with Crippen LogP contribution in [0.1, 0.15) is 0 Å². The van der Waals surface area contributed by atoms with E-state index in [9.17, 15) is 8.42 Å². The van der Waals surface area contributed by atoms with Gasteiger partial charge in [-0.15, -0.1) is 0 Å². The molecule has 15 heavy (non-hydrogen) atoms. The largest absolute Gasteiger partial charge is 0.497 e. The van der Waals surface area contributed by atoms with Crippen LogP contribution in [-0.4, -0.2) is 34.0 Å². The Kier molecular flexibility index (Phi) is 2.67. The number of hydrogen-bond acceptors (Lipinski definition) is 4. The molecule has 0 amide bonds. The second-order valence-electron chi connectivity index (χ2n) is 3.42. The Balaban J connectivity index is 2.26. The molecule has 1 unspecified atom stereocenters. The molecule has 0 saturated carbocycles. The fraction of sp³-hybridized carbons (Fsp3) is 0.400. The van der Waals surface area contributed by atoms with Crippen molar-refractivity contribution in [3.8, 4) is 5.75 Å². The monoisotopic (exact) mass is 228 g/mol. The Morgan fingerprint density at radius 1 is 1.53 bits per heavy atom. The van der Waals surface area contributed by atoms with Gasteiger partial charge in [-0.1, -0.05) is 6.07 Å². The molecule has 0 radical (unpaired) electrons. The molecule has 1 atom stereocenters. The Bertz CT molecular complexity index is 448. The molecule has 0 bridgehead atoms. The SMILES string of the molecule is COc1cccc(S(=O)(=O)CC2CO2)c1. The van der Waals surface area contributed by atoms with Gasteiger partial charge in [-0.05, 0) is 18.2 Å². The highest BCUT2D eigenvalue weighted by Gasteiger charge is 2.30. The molecule has 0 N–H and O–H groups in total. The summed E-state index contributed by atoms with van der Waals surface area (Å²) in [6.45, 7) is 0.545. The summed E-state index contributed by atoms with van der Waals surface area (Å²) in [6.07, 6.45) is -0.124. The Labute approximate surface area is 88.7 Å². The van der Waals surface area contributed by atoms with Gasteiger partial charge in [0.25, 0.3) is 0 Å². The molecule has 4 nitrogen and oxygen atoms in total. The van der Waals surface area contributed by atoms with Crippen molar-refractivity contribution in [2.24, 2.45) is 0 Å². The fourth-order valence-electron chi connectivity index (χ4n) is 1.30. The average Bonchev–Trinajstić information content (AvgIpc) is 3.01. The molecule has 1 aromatic carbocycles. The van der Waals surface area contributed by atoms with Crippen LogP contribution in [0.3, 0.4) is 0 Å². The summed E-state index contributed by atoms with van der Waals surface area (Å²) in [5.41, 5.74) is 0. The summed E-state index contributed by atoms with van der Waals surface area (Å²) >= 11 is 0. The average molecular weight is 228 g/mol. The molecule has 1 saturated heterocycles. The van der Waals surface area contributed by atoms with Crippen molar-refractivity contribution in [2.45, 2.75) is 11.0 Å². The van der Waals surface area contributed by atoms with Crippen molar-refractivity contribution in [3.05, 3.63) is 24.3 Å². The molecule has 0 aliphatic carbocycles. The van der Waals surface area contributed by atoms with Crippen LogP contribution in [0.4, 0.5) is 0 Å². The van der Waals surface area contributed by atoms with Gasteiger partial charge in [0.15, 0.2) is 9.84 Å². The lowest BCUT2D eigenvalue weighted by atomic mass is 10.3. The molecule has 0 aromatic heterocycles. The fourth-order valence-corrected chi connectivity index (χ4v) is 2.76. The van der Waals surface area contributed by atoms with Gasteiger partial charge >= 0.3 is 0 Å². The zero-order chi connectivity index (χ0) is 10.9. The van der Waals surface area contributed by atoms with Gasteiger partial charge in [0.2, 0.25) is 0 Å². The van der Waals surface area contributed by atoms with Gasteiger partial charge in [-0.2, -0.15) is 0 Å². The lowest BCUT2D eigenvalue weighted by Crippen LogP contribution is -2.11. The molecule has 5 heteroatoms. The normalized spacial score (nSPS) is 19.9. The molecule has 1 fully saturated rings. The molecular weight excluding hydrogens is 216 g/mol. The molecule has 1 aliphatic rings. The molecule has 82 valence electrons. The number of methoxy groups -OCH3 is 1. The van der Waals surface area contributed by atoms with Crippen molar-refractivity contribution >= 4 is 9.84 Å². The first-order valence-corrected chi connectivity index (χ1v) is 6.25. The highest BCUT2D eigenvalue weighted by molar-refractivity contribution is 7.91. The van der Waals surface area contributed by atoms with Crippen molar-refractivity contribution in [2.75, 3.05) is 19.5 Å². The van der Waals surface area contributed by atoms with Crippen LogP contribution in [0.25, 0.3) is 0 Å². The van der Waals surface area contributed by atoms with E-state index in [4.69, 9.17) is 9.47 Å². The second kappa shape index (κ2) is 3.83. The van der Waals surface area contributed by atoms with Crippen molar-refractivity contribution in [1.82, 2.24) is 0 Å². The number of benzene rings is 1. The van der Waals surface area contributed by atoms with E-state index in [2.05, 4.69) is 0 Å². The van der Waals surface area contributed by atoms with E-state index in [1.807, 2.05) is 0 Å².